The monoisotopic (exact) mass is 376 g/mol. The summed E-state index contributed by atoms with van der Waals surface area (Å²) in [5.41, 5.74) is 0.687. The first kappa shape index (κ1) is 17.9. The summed E-state index contributed by atoms with van der Waals surface area (Å²) in [5, 5.41) is 14.5. The number of carbonyl (C=O) groups excluding carboxylic acids is 1. The maximum absolute atomic E-state index is 13.1. The SMILES string of the molecule is CC(c1ccccc1)N1C[C@@H]2C(NC(=O)C(O)(c3ccccc3)C3CC3)[C@@H]2C1. The van der Waals surface area contributed by atoms with Crippen molar-refractivity contribution < 1.29 is 9.90 Å². The number of amides is 1. The highest BCUT2D eigenvalue weighted by Crippen LogP contribution is 2.50. The van der Waals surface area contributed by atoms with Crippen LogP contribution < -0.4 is 5.32 Å². The van der Waals surface area contributed by atoms with Crippen molar-refractivity contribution in [2.24, 2.45) is 17.8 Å². The Morgan fingerprint density at radius 2 is 1.61 bits per heavy atom. The fraction of sp³-hybridized carbons (Fsp3) is 0.458. The summed E-state index contributed by atoms with van der Waals surface area (Å²) in [6, 6.07) is 20.7. The van der Waals surface area contributed by atoms with Gasteiger partial charge in [0.1, 0.15) is 0 Å². The number of hydrogen-bond acceptors (Lipinski definition) is 3. The molecule has 0 bridgehead atoms. The first-order chi connectivity index (χ1) is 13.6. The minimum Gasteiger partial charge on any atom is -0.375 e. The van der Waals surface area contributed by atoms with Crippen molar-refractivity contribution >= 4 is 5.91 Å². The molecule has 5 rings (SSSR count). The second-order valence-electron chi connectivity index (χ2n) is 8.77. The summed E-state index contributed by atoms with van der Waals surface area (Å²) >= 11 is 0. The fourth-order valence-electron chi connectivity index (χ4n) is 5.04. The van der Waals surface area contributed by atoms with Gasteiger partial charge >= 0.3 is 0 Å². The Morgan fingerprint density at radius 3 is 2.18 bits per heavy atom. The first-order valence-corrected chi connectivity index (χ1v) is 10.5. The molecule has 3 aliphatic rings. The number of benzene rings is 2. The average Bonchev–Trinajstić information content (AvgIpc) is 3.65. The third kappa shape index (κ3) is 2.96. The third-order valence-electron chi connectivity index (χ3n) is 7.08. The Hall–Kier alpha value is -2.17. The van der Waals surface area contributed by atoms with Crippen LogP contribution in [0.2, 0.25) is 0 Å². The van der Waals surface area contributed by atoms with E-state index in [0.29, 0.717) is 17.9 Å². The van der Waals surface area contributed by atoms with Crippen LogP contribution in [0.15, 0.2) is 60.7 Å². The highest BCUT2D eigenvalue weighted by atomic mass is 16.3. The van der Waals surface area contributed by atoms with Gasteiger partial charge in [0.2, 0.25) is 0 Å². The molecule has 2 aromatic rings. The van der Waals surface area contributed by atoms with E-state index in [4.69, 9.17) is 0 Å². The van der Waals surface area contributed by atoms with Crippen LogP contribution >= 0.6 is 0 Å². The Balaban J connectivity index is 1.23. The molecular weight excluding hydrogens is 348 g/mol. The van der Waals surface area contributed by atoms with Crippen molar-refractivity contribution in [2.45, 2.75) is 37.5 Å². The van der Waals surface area contributed by atoms with E-state index in [0.717, 1.165) is 31.5 Å². The maximum Gasteiger partial charge on any atom is 0.257 e. The molecule has 28 heavy (non-hydrogen) atoms. The van der Waals surface area contributed by atoms with Crippen LogP contribution in [0, 0.1) is 17.8 Å². The van der Waals surface area contributed by atoms with Crippen LogP contribution in [0.25, 0.3) is 0 Å². The van der Waals surface area contributed by atoms with Crippen molar-refractivity contribution in [1.29, 1.82) is 0 Å². The van der Waals surface area contributed by atoms with Crippen LogP contribution in [0.3, 0.4) is 0 Å². The molecule has 2 aromatic carbocycles. The molecule has 2 N–H and O–H groups in total. The summed E-state index contributed by atoms with van der Waals surface area (Å²) < 4.78 is 0. The van der Waals surface area contributed by atoms with Crippen LogP contribution in [-0.4, -0.2) is 35.0 Å². The minimum absolute atomic E-state index is 0.0445. The van der Waals surface area contributed by atoms with Crippen LogP contribution in [0.1, 0.15) is 36.9 Å². The second kappa shape index (κ2) is 6.71. The molecule has 0 radical (unpaired) electrons. The molecule has 3 fully saturated rings. The maximum atomic E-state index is 13.1. The predicted molar refractivity (Wildman–Crippen MR) is 108 cm³/mol. The number of aliphatic hydroxyl groups is 1. The topological polar surface area (TPSA) is 52.6 Å². The molecule has 0 aromatic heterocycles. The Labute approximate surface area is 166 Å². The smallest absolute Gasteiger partial charge is 0.257 e. The molecule has 2 saturated carbocycles. The molecule has 1 saturated heterocycles. The van der Waals surface area contributed by atoms with E-state index >= 15 is 0 Å². The van der Waals surface area contributed by atoms with Gasteiger partial charge in [-0.05, 0) is 42.7 Å². The number of piperidine rings is 1. The van der Waals surface area contributed by atoms with Gasteiger partial charge < -0.3 is 10.4 Å². The van der Waals surface area contributed by atoms with E-state index in [-0.39, 0.29) is 17.9 Å². The van der Waals surface area contributed by atoms with Crippen LogP contribution in [-0.2, 0) is 10.4 Å². The minimum atomic E-state index is -1.38. The molecule has 146 valence electrons. The second-order valence-corrected chi connectivity index (χ2v) is 8.77. The number of rotatable bonds is 6. The van der Waals surface area contributed by atoms with Crippen molar-refractivity contribution in [3.63, 3.8) is 0 Å². The van der Waals surface area contributed by atoms with Crippen molar-refractivity contribution in [3.8, 4) is 0 Å². The summed E-state index contributed by atoms with van der Waals surface area (Å²) in [5.74, 6) is 0.857. The quantitative estimate of drug-likeness (QED) is 0.815. The molecule has 4 nitrogen and oxygen atoms in total. The molecular formula is C24H28N2O2. The average molecular weight is 377 g/mol. The van der Waals surface area contributed by atoms with Gasteiger partial charge in [-0.2, -0.15) is 0 Å². The highest BCUT2D eigenvalue weighted by Gasteiger charge is 2.59. The Bertz CT molecular complexity index is 839. The molecule has 3 unspecified atom stereocenters. The molecule has 5 atom stereocenters. The van der Waals surface area contributed by atoms with Crippen LogP contribution in [0.4, 0.5) is 0 Å². The number of fused-ring (bicyclic) bond motifs is 1. The Kier molecular flexibility index (Phi) is 4.29. The molecule has 4 heteroatoms. The number of carbonyl (C=O) groups is 1. The number of nitrogens with one attached hydrogen (secondary N) is 1. The van der Waals surface area contributed by atoms with Gasteiger partial charge in [-0.1, -0.05) is 60.7 Å². The van der Waals surface area contributed by atoms with Gasteiger partial charge in [0.15, 0.2) is 5.60 Å². The molecule has 1 heterocycles. The van der Waals surface area contributed by atoms with E-state index in [1.807, 2.05) is 30.3 Å². The van der Waals surface area contributed by atoms with Gasteiger partial charge in [0.05, 0.1) is 0 Å². The van der Waals surface area contributed by atoms with E-state index < -0.39 is 5.60 Å². The zero-order chi connectivity index (χ0) is 19.3. The molecule has 1 amide bonds. The summed E-state index contributed by atoms with van der Waals surface area (Å²) in [4.78, 5) is 15.6. The standard InChI is InChI=1S/C24H28N2O2/c1-16(17-8-4-2-5-9-17)26-14-20-21(15-26)22(20)25-23(27)24(28,19-12-13-19)18-10-6-3-7-11-18/h2-11,16,19-22,28H,12-15H2,1H3,(H,25,27)/t16?,20-,21+,22?,24?. The van der Waals surface area contributed by atoms with Gasteiger partial charge in [0, 0.05) is 31.1 Å². The normalized spacial score (nSPS) is 29.6. The summed E-state index contributed by atoms with van der Waals surface area (Å²) in [7, 11) is 0. The summed E-state index contributed by atoms with van der Waals surface area (Å²) in [6.07, 6.45) is 1.83. The molecule has 1 aliphatic heterocycles. The van der Waals surface area contributed by atoms with E-state index in [1.54, 1.807) is 0 Å². The largest absolute Gasteiger partial charge is 0.375 e. The van der Waals surface area contributed by atoms with Crippen molar-refractivity contribution in [3.05, 3.63) is 71.8 Å². The fourth-order valence-corrected chi connectivity index (χ4v) is 5.04. The highest BCUT2D eigenvalue weighted by molar-refractivity contribution is 5.87. The Morgan fingerprint density at radius 1 is 1.04 bits per heavy atom. The number of nitrogens with zero attached hydrogens (tertiary/aromatic N) is 1. The third-order valence-corrected chi connectivity index (χ3v) is 7.08. The van der Waals surface area contributed by atoms with Crippen molar-refractivity contribution in [1.82, 2.24) is 10.2 Å². The lowest BCUT2D eigenvalue weighted by Gasteiger charge is -2.30. The van der Waals surface area contributed by atoms with Gasteiger partial charge in [0.25, 0.3) is 5.91 Å². The first-order valence-electron chi connectivity index (χ1n) is 10.5. The van der Waals surface area contributed by atoms with Crippen LogP contribution in [0.5, 0.6) is 0 Å². The zero-order valence-electron chi connectivity index (χ0n) is 16.3. The molecule has 0 spiro atoms. The van der Waals surface area contributed by atoms with E-state index in [9.17, 15) is 9.90 Å². The molecule has 2 aliphatic carbocycles. The van der Waals surface area contributed by atoms with Gasteiger partial charge in [-0.3, -0.25) is 9.69 Å². The predicted octanol–water partition coefficient (Wildman–Crippen LogP) is 3.09. The van der Waals surface area contributed by atoms with Gasteiger partial charge in [-0.25, -0.2) is 0 Å². The lowest BCUT2D eigenvalue weighted by molar-refractivity contribution is -0.143. The number of likely N-dealkylation sites (tertiary alicyclic amines) is 1. The van der Waals surface area contributed by atoms with Crippen molar-refractivity contribution in [2.75, 3.05) is 13.1 Å². The summed E-state index contributed by atoms with van der Waals surface area (Å²) in [6.45, 7) is 4.28. The zero-order valence-corrected chi connectivity index (χ0v) is 16.3. The van der Waals surface area contributed by atoms with E-state index in [1.165, 1.54) is 5.56 Å². The van der Waals surface area contributed by atoms with Gasteiger partial charge in [-0.15, -0.1) is 0 Å². The van der Waals surface area contributed by atoms with E-state index in [2.05, 4.69) is 47.5 Å². The number of hydrogen-bond donors (Lipinski definition) is 2. The lowest BCUT2D eigenvalue weighted by Crippen LogP contribution is -2.48. The lowest BCUT2D eigenvalue weighted by atomic mass is 9.87.